The molecule has 0 amide bonds. The lowest BCUT2D eigenvalue weighted by Crippen LogP contribution is -2.36. The van der Waals surface area contributed by atoms with Crippen molar-refractivity contribution in [3.63, 3.8) is 0 Å². The zero-order valence-corrected chi connectivity index (χ0v) is 11.3. The summed E-state index contributed by atoms with van der Waals surface area (Å²) in [6, 6.07) is 1.46. The number of nitro benzene ring substituents is 1. The maximum Gasteiger partial charge on any atom is 0.338 e. The fraction of sp³-hybridized carbons (Fsp3) is 0.417. The molecule has 1 aromatic carbocycles. The number of likely N-dealkylation sites (N-methyl/N-ethyl adjacent to an activating group) is 1. The second-order valence-corrected chi connectivity index (χ2v) is 5.05. The monoisotopic (exact) mass is 286 g/mol. The van der Waals surface area contributed by atoms with E-state index in [1.165, 1.54) is 25.8 Å². The summed E-state index contributed by atoms with van der Waals surface area (Å²) in [6.07, 6.45) is 0. The van der Waals surface area contributed by atoms with Gasteiger partial charge < -0.3 is 15.1 Å². The van der Waals surface area contributed by atoms with Gasteiger partial charge in [-0.15, -0.1) is 0 Å². The molecule has 1 aromatic rings. The van der Waals surface area contributed by atoms with Gasteiger partial charge in [-0.2, -0.15) is 0 Å². The smallest absolute Gasteiger partial charge is 0.338 e. The van der Waals surface area contributed by atoms with Crippen molar-refractivity contribution in [1.82, 2.24) is 0 Å². The molecule has 0 saturated heterocycles. The van der Waals surface area contributed by atoms with Crippen LogP contribution in [-0.2, 0) is 0 Å². The molecule has 0 fully saturated rings. The van der Waals surface area contributed by atoms with Crippen LogP contribution in [0, 0.1) is 15.9 Å². The molecule has 0 aliphatic carbocycles. The quantitative estimate of drug-likeness (QED) is 0.630. The molecule has 0 unspecified atom stereocenters. The van der Waals surface area contributed by atoms with Crippen molar-refractivity contribution in [3.05, 3.63) is 33.6 Å². The number of anilines is 1. The second-order valence-electron chi connectivity index (χ2n) is 5.05. The summed E-state index contributed by atoms with van der Waals surface area (Å²) in [7, 11) is 1.44. The van der Waals surface area contributed by atoms with E-state index < -0.39 is 33.6 Å². The number of aliphatic hydroxyl groups is 1. The first-order chi connectivity index (χ1) is 9.03. The maximum atomic E-state index is 13.6. The molecule has 2 N–H and O–H groups in total. The van der Waals surface area contributed by atoms with Crippen LogP contribution in [0.15, 0.2) is 12.1 Å². The van der Waals surface area contributed by atoms with Gasteiger partial charge >= 0.3 is 5.97 Å². The number of rotatable bonds is 5. The first-order valence-electron chi connectivity index (χ1n) is 5.67. The molecule has 7 nitrogen and oxygen atoms in total. The Morgan fingerprint density at radius 2 is 2.05 bits per heavy atom. The fourth-order valence-corrected chi connectivity index (χ4v) is 1.83. The second kappa shape index (κ2) is 5.41. The Labute approximate surface area is 114 Å². The van der Waals surface area contributed by atoms with E-state index in [1.807, 2.05) is 0 Å². The Kier molecular flexibility index (Phi) is 4.29. The van der Waals surface area contributed by atoms with E-state index in [9.17, 15) is 24.4 Å². The summed E-state index contributed by atoms with van der Waals surface area (Å²) in [5.41, 5.74) is -2.54. The lowest BCUT2D eigenvalue weighted by molar-refractivity contribution is -0.384. The Balaban J connectivity index is 3.35. The molecule has 0 aromatic heterocycles. The number of aromatic carboxylic acids is 1. The summed E-state index contributed by atoms with van der Waals surface area (Å²) in [5, 5.41) is 29.4. The highest BCUT2D eigenvalue weighted by Gasteiger charge is 2.26. The zero-order valence-electron chi connectivity index (χ0n) is 11.3. The highest BCUT2D eigenvalue weighted by atomic mass is 19.1. The van der Waals surface area contributed by atoms with Crippen molar-refractivity contribution < 1.29 is 24.3 Å². The van der Waals surface area contributed by atoms with Gasteiger partial charge in [-0.05, 0) is 13.8 Å². The Morgan fingerprint density at radius 3 is 2.45 bits per heavy atom. The van der Waals surface area contributed by atoms with Crippen molar-refractivity contribution in [2.75, 3.05) is 18.5 Å². The third kappa shape index (κ3) is 3.64. The van der Waals surface area contributed by atoms with E-state index in [2.05, 4.69) is 0 Å². The number of nitro groups is 1. The van der Waals surface area contributed by atoms with Gasteiger partial charge in [0.2, 0.25) is 0 Å². The molecule has 0 aliphatic rings. The molecule has 0 spiro atoms. The van der Waals surface area contributed by atoms with Gasteiger partial charge in [-0.1, -0.05) is 0 Å². The average molecular weight is 286 g/mol. The maximum absolute atomic E-state index is 13.6. The van der Waals surface area contributed by atoms with Crippen LogP contribution >= 0.6 is 0 Å². The summed E-state index contributed by atoms with van der Waals surface area (Å²) >= 11 is 0. The SMILES string of the molecule is CN(CC(C)(C)O)c1cc(F)c(C(=O)O)cc1[N+](=O)[O-]. The van der Waals surface area contributed by atoms with Gasteiger partial charge in [0.1, 0.15) is 17.1 Å². The molecule has 0 radical (unpaired) electrons. The Bertz CT molecular complexity index is 554. The number of halogens is 1. The minimum absolute atomic E-state index is 0.0136. The normalized spacial score (nSPS) is 11.2. The van der Waals surface area contributed by atoms with Crippen molar-refractivity contribution in [1.29, 1.82) is 0 Å². The highest BCUT2D eigenvalue weighted by Crippen LogP contribution is 2.31. The molecule has 0 heterocycles. The largest absolute Gasteiger partial charge is 0.478 e. The van der Waals surface area contributed by atoms with Gasteiger partial charge in [0, 0.05) is 25.7 Å². The summed E-state index contributed by atoms with van der Waals surface area (Å²) < 4.78 is 13.6. The van der Waals surface area contributed by atoms with E-state index >= 15 is 0 Å². The lowest BCUT2D eigenvalue weighted by Gasteiger charge is -2.27. The van der Waals surface area contributed by atoms with Gasteiger partial charge in [0.05, 0.1) is 10.5 Å². The number of carbonyl (C=O) groups is 1. The molecular formula is C12H15FN2O5. The number of hydrogen-bond donors (Lipinski definition) is 2. The molecule has 1 rings (SSSR count). The third-order valence-electron chi connectivity index (χ3n) is 2.53. The van der Waals surface area contributed by atoms with E-state index in [0.717, 1.165) is 6.07 Å². The van der Waals surface area contributed by atoms with Crippen LogP contribution in [0.4, 0.5) is 15.8 Å². The van der Waals surface area contributed by atoms with E-state index in [4.69, 9.17) is 5.11 Å². The van der Waals surface area contributed by atoms with Crippen LogP contribution in [-0.4, -0.2) is 40.3 Å². The Hall–Kier alpha value is -2.22. The van der Waals surface area contributed by atoms with E-state index in [1.54, 1.807) is 0 Å². The van der Waals surface area contributed by atoms with Gasteiger partial charge in [0.25, 0.3) is 5.69 Å². The lowest BCUT2D eigenvalue weighted by atomic mass is 10.1. The van der Waals surface area contributed by atoms with Crippen LogP contribution in [0.25, 0.3) is 0 Å². The molecular weight excluding hydrogens is 271 g/mol. The predicted molar refractivity (Wildman–Crippen MR) is 69.6 cm³/mol. The minimum atomic E-state index is -1.58. The van der Waals surface area contributed by atoms with Crippen LogP contribution in [0.3, 0.4) is 0 Å². The summed E-state index contributed by atoms with van der Waals surface area (Å²) in [6.45, 7) is 3.01. The van der Waals surface area contributed by atoms with Crippen LogP contribution < -0.4 is 4.90 Å². The molecule has 8 heteroatoms. The summed E-state index contributed by atoms with van der Waals surface area (Å²) in [4.78, 5) is 22.3. The molecule has 20 heavy (non-hydrogen) atoms. The predicted octanol–water partition coefficient (Wildman–Crippen LogP) is 1.64. The molecule has 0 bridgehead atoms. The zero-order chi connectivity index (χ0) is 15.7. The van der Waals surface area contributed by atoms with Crippen molar-refractivity contribution in [2.45, 2.75) is 19.4 Å². The first-order valence-corrected chi connectivity index (χ1v) is 5.67. The van der Waals surface area contributed by atoms with Crippen LogP contribution in [0.1, 0.15) is 24.2 Å². The van der Waals surface area contributed by atoms with Crippen LogP contribution in [0.2, 0.25) is 0 Å². The highest BCUT2D eigenvalue weighted by molar-refractivity contribution is 5.90. The number of nitrogens with zero attached hydrogens (tertiary/aromatic N) is 2. The molecule has 110 valence electrons. The van der Waals surface area contributed by atoms with E-state index in [0.29, 0.717) is 6.07 Å². The van der Waals surface area contributed by atoms with Crippen molar-refractivity contribution >= 4 is 17.3 Å². The van der Waals surface area contributed by atoms with Gasteiger partial charge in [0.15, 0.2) is 0 Å². The number of hydrogen-bond acceptors (Lipinski definition) is 5. The van der Waals surface area contributed by atoms with Crippen molar-refractivity contribution in [2.24, 2.45) is 0 Å². The van der Waals surface area contributed by atoms with E-state index in [-0.39, 0.29) is 12.2 Å². The standard InChI is InChI=1S/C12H15FN2O5/c1-12(2,18)6-14(3)9-5-8(13)7(11(16)17)4-10(9)15(19)20/h4-5,18H,6H2,1-3H3,(H,16,17). The fourth-order valence-electron chi connectivity index (χ4n) is 1.83. The Morgan fingerprint density at radius 1 is 1.50 bits per heavy atom. The third-order valence-corrected chi connectivity index (χ3v) is 2.53. The van der Waals surface area contributed by atoms with Gasteiger partial charge in [-0.25, -0.2) is 9.18 Å². The number of benzene rings is 1. The molecule has 0 aliphatic heterocycles. The topological polar surface area (TPSA) is 104 Å². The molecule has 0 saturated carbocycles. The van der Waals surface area contributed by atoms with Crippen LogP contribution in [0.5, 0.6) is 0 Å². The minimum Gasteiger partial charge on any atom is -0.478 e. The first kappa shape index (κ1) is 15.8. The number of carboxylic acid groups (broad SMARTS) is 1. The summed E-state index contributed by atoms with van der Waals surface area (Å²) in [5.74, 6) is -2.65. The number of carboxylic acids is 1. The molecule has 0 atom stereocenters. The average Bonchev–Trinajstić information content (AvgIpc) is 2.25. The van der Waals surface area contributed by atoms with Crippen molar-refractivity contribution in [3.8, 4) is 0 Å². The van der Waals surface area contributed by atoms with Gasteiger partial charge in [-0.3, -0.25) is 10.1 Å².